The Hall–Kier alpha value is -0.910. The number of nitrogens with zero attached hydrogens (tertiary/aromatic N) is 1. The van der Waals surface area contributed by atoms with E-state index in [2.05, 4.69) is 19.2 Å². The Kier molecular flexibility index (Phi) is 4.83. The smallest absolute Gasteiger partial charge is 0.243 e. The van der Waals surface area contributed by atoms with Crippen LogP contribution in [-0.4, -0.2) is 25.8 Å². The minimum atomic E-state index is -3.37. The Morgan fingerprint density at radius 3 is 2.60 bits per heavy atom. The molecule has 1 aliphatic rings. The highest BCUT2D eigenvalue weighted by Gasteiger charge is 2.25. The summed E-state index contributed by atoms with van der Waals surface area (Å²) in [5, 5.41) is 3.24. The van der Waals surface area contributed by atoms with Crippen molar-refractivity contribution in [2.75, 3.05) is 13.1 Å². The molecule has 1 aromatic carbocycles. The molecule has 0 saturated carbocycles. The molecule has 1 unspecified atom stereocenters. The standard InChI is InChI=1S/C15H24N2O2S/c1-4-12(3)11-17(5-2)20(18,19)15-7-6-13-9-16-10-14(13)8-15/h6-8,12,16H,4-5,9-11H2,1-3H3. The van der Waals surface area contributed by atoms with Crippen molar-refractivity contribution in [3.8, 4) is 0 Å². The van der Waals surface area contributed by atoms with E-state index >= 15 is 0 Å². The first-order valence-electron chi connectivity index (χ1n) is 7.31. The fraction of sp³-hybridized carbons (Fsp3) is 0.600. The Morgan fingerprint density at radius 1 is 1.25 bits per heavy atom. The average molecular weight is 296 g/mol. The molecule has 0 aromatic heterocycles. The van der Waals surface area contributed by atoms with Gasteiger partial charge in [-0.3, -0.25) is 0 Å². The van der Waals surface area contributed by atoms with Gasteiger partial charge in [0.25, 0.3) is 0 Å². The van der Waals surface area contributed by atoms with E-state index in [0.29, 0.717) is 23.9 Å². The molecule has 0 saturated heterocycles. The minimum absolute atomic E-state index is 0.376. The molecular formula is C15H24N2O2S. The van der Waals surface area contributed by atoms with Crippen LogP contribution in [0.2, 0.25) is 0 Å². The van der Waals surface area contributed by atoms with Crippen molar-refractivity contribution >= 4 is 10.0 Å². The molecule has 5 heteroatoms. The number of nitrogens with one attached hydrogen (secondary N) is 1. The van der Waals surface area contributed by atoms with Gasteiger partial charge in [-0.25, -0.2) is 8.42 Å². The van der Waals surface area contributed by atoms with Gasteiger partial charge < -0.3 is 5.32 Å². The number of fused-ring (bicyclic) bond motifs is 1. The van der Waals surface area contributed by atoms with E-state index in [1.165, 1.54) is 5.56 Å². The van der Waals surface area contributed by atoms with Gasteiger partial charge in [-0.05, 0) is 29.2 Å². The number of benzene rings is 1. The SMILES string of the molecule is CCC(C)CN(CC)S(=O)(=O)c1ccc2c(c1)CNC2. The van der Waals surface area contributed by atoms with E-state index in [9.17, 15) is 8.42 Å². The van der Waals surface area contributed by atoms with E-state index < -0.39 is 10.0 Å². The molecule has 2 rings (SSSR count). The lowest BCUT2D eigenvalue weighted by Crippen LogP contribution is -2.34. The lowest BCUT2D eigenvalue weighted by atomic mass is 10.1. The van der Waals surface area contributed by atoms with Crippen molar-refractivity contribution in [1.82, 2.24) is 9.62 Å². The van der Waals surface area contributed by atoms with Crippen molar-refractivity contribution in [2.24, 2.45) is 5.92 Å². The Balaban J connectivity index is 2.28. The molecule has 1 N–H and O–H groups in total. The van der Waals surface area contributed by atoms with Gasteiger partial charge in [0.05, 0.1) is 4.90 Å². The number of hydrogen-bond donors (Lipinski definition) is 1. The summed E-state index contributed by atoms with van der Waals surface area (Å²) in [6.45, 7) is 8.77. The van der Waals surface area contributed by atoms with Crippen LogP contribution >= 0.6 is 0 Å². The zero-order valence-corrected chi connectivity index (χ0v) is 13.3. The summed E-state index contributed by atoms with van der Waals surface area (Å²) >= 11 is 0. The maximum atomic E-state index is 12.7. The summed E-state index contributed by atoms with van der Waals surface area (Å²) < 4.78 is 27.0. The van der Waals surface area contributed by atoms with Gasteiger partial charge in [0.2, 0.25) is 10.0 Å². The lowest BCUT2D eigenvalue weighted by Gasteiger charge is -2.23. The van der Waals surface area contributed by atoms with Crippen molar-refractivity contribution < 1.29 is 8.42 Å². The molecule has 1 aromatic rings. The summed E-state index contributed by atoms with van der Waals surface area (Å²) in [5.41, 5.74) is 2.31. The Labute approximate surface area is 122 Å². The lowest BCUT2D eigenvalue weighted by molar-refractivity contribution is 0.361. The van der Waals surface area contributed by atoms with Crippen molar-refractivity contribution in [2.45, 2.75) is 45.2 Å². The number of sulfonamides is 1. The predicted molar refractivity (Wildman–Crippen MR) is 80.9 cm³/mol. The second kappa shape index (κ2) is 6.24. The van der Waals surface area contributed by atoms with Crippen LogP contribution in [0.15, 0.2) is 23.1 Å². The van der Waals surface area contributed by atoms with Gasteiger partial charge in [0, 0.05) is 26.2 Å². The number of rotatable bonds is 6. The third-order valence-corrected chi connectivity index (χ3v) is 5.95. The second-order valence-corrected chi connectivity index (χ2v) is 7.44. The first kappa shape index (κ1) is 15.5. The summed E-state index contributed by atoms with van der Waals surface area (Å²) in [7, 11) is -3.37. The molecule has 0 spiro atoms. The van der Waals surface area contributed by atoms with Crippen LogP contribution in [0.4, 0.5) is 0 Å². The van der Waals surface area contributed by atoms with Crippen molar-refractivity contribution in [3.05, 3.63) is 29.3 Å². The molecule has 1 atom stereocenters. The third-order valence-electron chi connectivity index (χ3n) is 4.01. The summed E-state index contributed by atoms with van der Waals surface area (Å²) in [6, 6.07) is 5.49. The average Bonchev–Trinajstić information content (AvgIpc) is 2.91. The quantitative estimate of drug-likeness (QED) is 0.876. The van der Waals surface area contributed by atoms with Crippen LogP contribution in [0, 0.1) is 5.92 Å². The minimum Gasteiger partial charge on any atom is -0.309 e. The fourth-order valence-corrected chi connectivity index (χ4v) is 4.07. The third kappa shape index (κ3) is 3.05. The van der Waals surface area contributed by atoms with Gasteiger partial charge in [0.1, 0.15) is 0 Å². The summed E-state index contributed by atoms with van der Waals surface area (Å²) in [5.74, 6) is 0.376. The van der Waals surface area contributed by atoms with Crippen LogP contribution in [0.5, 0.6) is 0 Å². The predicted octanol–water partition coefficient (Wildman–Crippen LogP) is 2.35. The highest BCUT2D eigenvalue weighted by molar-refractivity contribution is 7.89. The van der Waals surface area contributed by atoms with Crippen molar-refractivity contribution in [3.63, 3.8) is 0 Å². The highest BCUT2D eigenvalue weighted by atomic mass is 32.2. The highest BCUT2D eigenvalue weighted by Crippen LogP contribution is 2.23. The zero-order chi connectivity index (χ0) is 14.8. The first-order valence-corrected chi connectivity index (χ1v) is 8.75. The van der Waals surface area contributed by atoms with E-state index in [4.69, 9.17) is 0 Å². The molecule has 1 aliphatic heterocycles. The zero-order valence-electron chi connectivity index (χ0n) is 12.5. The van der Waals surface area contributed by atoms with Crippen LogP contribution < -0.4 is 5.32 Å². The molecule has 0 bridgehead atoms. The molecule has 0 radical (unpaired) electrons. The fourth-order valence-electron chi connectivity index (χ4n) is 2.45. The van der Waals surface area contributed by atoms with Crippen molar-refractivity contribution in [1.29, 1.82) is 0 Å². The molecule has 0 amide bonds. The summed E-state index contributed by atoms with van der Waals surface area (Å²) in [6.07, 6.45) is 0.986. The van der Waals surface area contributed by atoms with E-state index in [0.717, 1.165) is 25.1 Å². The molecule has 112 valence electrons. The monoisotopic (exact) mass is 296 g/mol. The van der Waals surface area contributed by atoms with E-state index in [-0.39, 0.29) is 0 Å². The van der Waals surface area contributed by atoms with Crippen LogP contribution in [0.25, 0.3) is 0 Å². The number of hydrogen-bond acceptors (Lipinski definition) is 3. The van der Waals surface area contributed by atoms with Gasteiger partial charge >= 0.3 is 0 Å². The summed E-state index contributed by atoms with van der Waals surface area (Å²) in [4.78, 5) is 0.421. The largest absolute Gasteiger partial charge is 0.309 e. The Morgan fingerprint density at radius 2 is 1.95 bits per heavy atom. The molecular weight excluding hydrogens is 272 g/mol. The van der Waals surface area contributed by atoms with Gasteiger partial charge in [-0.2, -0.15) is 4.31 Å². The van der Waals surface area contributed by atoms with Crippen LogP contribution in [0.1, 0.15) is 38.3 Å². The van der Waals surface area contributed by atoms with Crippen LogP contribution in [-0.2, 0) is 23.1 Å². The van der Waals surface area contributed by atoms with Gasteiger partial charge in [0.15, 0.2) is 0 Å². The van der Waals surface area contributed by atoms with E-state index in [1.807, 2.05) is 19.1 Å². The molecule has 1 heterocycles. The Bertz CT molecular complexity index is 569. The molecule has 0 fully saturated rings. The molecule has 0 aliphatic carbocycles. The van der Waals surface area contributed by atoms with Gasteiger partial charge in [-0.1, -0.05) is 33.3 Å². The molecule has 20 heavy (non-hydrogen) atoms. The first-order chi connectivity index (χ1) is 9.48. The van der Waals surface area contributed by atoms with E-state index in [1.54, 1.807) is 10.4 Å². The maximum Gasteiger partial charge on any atom is 0.243 e. The normalized spacial score (nSPS) is 16.4. The van der Waals surface area contributed by atoms with Crippen LogP contribution in [0.3, 0.4) is 0 Å². The molecule has 4 nitrogen and oxygen atoms in total. The topological polar surface area (TPSA) is 49.4 Å². The maximum absolute atomic E-state index is 12.7. The van der Waals surface area contributed by atoms with Gasteiger partial charge in [-0.15, -0.1) is 0 Å². The second-order valence-electron chi connectivity index (χ2n) is 5.50.